The molecule has 0 saturated heterocycles. The third-order valence-electron chi connectivity index (χ3n) is 3.35. The standard InChI is InChI=1S/C18H20FNOS/c1-12(2)13-5-8-15(9-6-13)22-17-11-14(19)7-10-16(17)18(21)20(3)4/h5-12H,1-4H3. The first kappa shape index (κ1) is 16.6. The average Bonchev–Trinajstić information content (AvgIpc) is 2.47. The second-order valence-corrected chi connectivity index (χ2v) is 6.78. The lowest BCUT2D eigenvalue weighted by Crippen LogP contribution is -2.22. The van der Waals surface area contributed by atoms with E-state index in [2.05, 4.69) is 26.0 Å². The molecule has 0 bridgehead atoms. The Kier molecular flexibility index (Phi) is 5.24. The molecular formula is C18H20FNOS. The monoisotopic (exact) mass is 317 g/mol. The van der Waals surface area contributed by atoms with Crippen molar-refractivity contribution in [1.82, 2.24) is 4.90 Å². The Labute approximate surface area is 135 Å². The van der Waals surface area contributed by atoms with E-state index in [0.717, 1.165) is 4.90 Å². The first-order valence-corrected chi connectivity index (χ1v) is 7.99. The van der Waals surface area contributed by atoms with Crippen LogP contribution in [0.25, 0.3) is 0 Å². The molecule has 2 aromatic rings. The Morgan fingerprint density at radius 3 is 2.27 bits per heavy atom. The number of carbonyl (C=O) groups is 1. The minimum absolute atomic E-state index is 0.124. The second-order valence-electron chi connectivity index (χ2n) is 5.67. The molecule has 2 nitrogen and oxygen atoms in total. The summed E-state index contributed by atoms with van der Waals surface area (Å²) in [6.45, 7) is 4.28. The fraction of sp³-hybridized carbons (Fsp3) is 0.278. The summed E-state index contributed by atoms with van der Waals surface area (Å²) in [6, 6.07) is 12.4. The van der Waals surface area contributed by atoms with Crippen LogP contribution in [-0.2, 0) is 0 Å². The van der Waals surface area contributed by atoms with Crippen molar-refractivity contribution in [1.29, 1.82) is 0 Å². The molecule has 0 heterocycles. The normalized spacial score (nSPS) is 10.8. The summed E-state index contributed by atoms with van der Waals surface area (Å²) in [7, 11) is 3.38. The van der Waals surface area contributed by atoms with Crippen LogP contribution in [0.2, 0.25) is 0 Å². The predicted molar refractivity (Wildman–Crippen MR) is 89.1 cm³/mol. The number of hydrogen-bond acceptors (Lipinski definition) is 2. The Bertz CT molecular complexity index is 665. The van der Waals surface area contributed by atoms with E-state index in [1.807, 2.05) is 12.1 Å². The lowest BCUT2D eigenvalue weighted by atomic mass is 10.0. The van der Waals surface area contributed by atoms with Gasteiger partial charge in [-0.25, -0.2) is 4.39 Å². The quantitative estimate of drug-likeness (QED) is 0.807. The Hall–Kier alpha value is -1.81. The van der Waals surface area contributed by atoms with E-state index >= 15 is 0 Å². The first-order valence-electron chi connectivity index (χ1n) is 7.17. The van der Waals surface area contributed by atoms with Crippen LogP contribution in [0.5, 0.6) is 0 Å². The van der Waals surface area contributed by atoms with Crippen molar-refractivity contribution in [2.24, 2.45) is 0 Å². The molecule has 0 aliphatic heterocycles. The molecule has 22 heavy (non-hydrogen) atoms. The number of carbonyl (C=O) groups excluding carboxylic acids is 1. The average molecular weight is 317 g/mol. The molecule has 2 rings (SSSR count). The fourth-order valence-corrected chi connectivity index (χ4v) is 3.01. The Morgan fingerprint density at radius 1 is 1.09 bits per heavy atom. The second kappa shape index (κ2) is 6.97. The summed E-state index contributed by atoms with van der Waals surface area (Å²) < 4.78 is 13.5. The molecule has 0 aliphatic carbocycles. The fourth-order valence-electron chi connectivity index (χ4n) is 2.05. The van der Waals surface area contributed by atoms with Gasteiger partial charge in [0, 0.05) is 23.9 Å². The molecule has 0 aromatic heterocycles. The first-order chi connectivity index (χ1) is 10.4. The molecule has 0 unspecified atom stereocenters. The highest BCUT2D eigenvalue weighted by Crippen LogP contribution is 2.32. The maximum atomic E-state index is 13.5. The van der Waals surface area contributed by atoms with Gasteiger partial charge >= 0.3 is 0 Å². The molecule has 116 valence electrons. The molecular weight excluding hydrogens is 297 g/mol. The lowest BCUT2D eigenvalue weighted by molar-refractivity contribution is 0.0824. The molecule has 0 saturated carbocycles. The van der Waals surface area contributed by atoms with Crippen LogP contribution in [0, 0.1) is 5.82 Å². The van der Waals surface area contributed by atoms with Crippen LogP contribution in [0.15, 0.2) is 52.3 Å². The number of rotatable bonds is 4. The van der Waals surface area contributed by atoms with Gasteiger partial charge in [0.2, 0.25) is 0 Å². The highest BCUT2D eigenvalue weighted by atomic mass is 32.2. The predicted octanol–water partition coefficient (Wildman–Crippen LogP) is 4.80. The summed E-state index contributed by atoms with van der Waals surface area (Å²) in [5, 5.41) is 0. The molecule has 0 spiro atoms. The van der Waals surface area contributed by atoms with Crippen molar-refractivity contribution in [3.63, 3.8) is 0 Å². The smallest absolute Gasteiger partial charge is 0.254 e. The Balaban J connectivity index is 2.32. The molecule has 4 heteroatoms. The van der Waals surface area contributed by atoms with Crippen LogP contribution >= 0.6 is 11.8 Å². The molecule has 0 atom stereocenters. The molecule has 1 amide bonds. The van der Waals surface area contributed by atoms with Crippen LogP contribution < -0.4 is 0 Å². The van der Waals surface area contributed by atoms with Gasteiger partial charge in [-0.1, -0.05) is 37.7 Å². The third kappa shape index (κ3) is 3.89. The number of benzene rings is 2. The maximum Gasteiger partial charge on any atom is 0.254 e. The summed E-state index contributed by atoms with van der Waals surface area (Å²) >= 11 is 1.41. The highest BCUT2D eigenvalue weighted by molar-refractivity contribution is 7.99. The lowest BCUT2D eigenvalue weighted by Gasteiger charge is -2.14. The van der Waals surface area contributed by atoms with Crippen molar-refractivity contribution >= 4 is 17.7 Å². The molecule has 0 radical (unpaired) electrons. The van der Waals surface area contributed by atoms with Crippen LogP contribution in [-0.4, -0.2) is 24.9 Å². The number of nitrogens with zero attached hydrogens (tertiary/aromatic N) is 1. The van der Waals surface area contributed by atoms with Crippen molar-refractivity contribution in [3.8, 4) is 0 Å². The molecule has 2 aromatic carbocycles. The van der Waals surface area contributed by atoms with Crippen LogP contribution in [0.4, 0.5) is 4.39 Å². The van der Waals surface area contributed by atoms with E-state index in [0.29, 0.717) is 16.4 Å². The van der Waals surface area contributed by atoms with Crippen LogP contribution in [0.3, 0.4) is 0 Å². The van der Waals surface area contributed by atoms with Gasteiger partial charge in [-0.2, -0.15) is 0 Å². The van der Waals surface area contributed by atoms with Gasteiger partial charge in [-0.05, 0) is 41.8 Å². The van der Waals surface area contributed by atoms with E-state index in [-0.39, 0.29) is 11.7 Å². The van der Waals surface area contributed by atoms with E-state index in [1.54, 1.807) is 20.2 Å². The Morgan fingerprint density at radius 2 is 1.73 bits per heavy atom. The SMILES string of the molecule is CC(C)c1ccc(Sc2cc(F)ccc2C(=O)N(C)C)cc1. The summed E-state index contributed by atoms with van der Waals surface area (Å²) in [6.07, 6.45) is 0. The summed E-state index contributed by atoms with van der Waals surface area (Å²) in [4.78, 5) is 15.3. The minimum Gasteiger partial charge on any atom is -0.345 e. The van der Waals surface area contributed by atoms with Gasteiger partial charge < -0.3 is 4.90 Å². The van der Waals surface area contributed by atoms with Crippen molar-refractivity contribution in [3.05, 3.63) is 59.4 Å². The zero-order valence-electron chi connectivity index (χ0n) is 13.3. The highest BCUT2D eigenvalue weighted by Gasteiger charge is 2.15. The minimum atomic E-state index is -0.336. The maximum absolute atomic E-state index is 13.5. The number of hydrogen-bond donors (Lipinski definition) is 0. The number of amides is 1. The zero-order chi connectivity index (χ0) is 16.3. The summed E-state index contributed by atoms with van der Waals surface area (Å²) in [5.74, 6) is 0.0111. The zero-order valence-corrected chi connectivity index (χ0v) is 14.1. The molecule has 0 fully saturated rings. The number of halogens is 1. The van der Waals surface area contributed by atoms with Gasteiger partial charge in [0.15, 0.2) is 0 Å². The summed E-state index contributed by atoms with van der Waals surface area (Å²) in [5.41, 5.74) is 1.78. The van der Waals surface area contributed by atoms with Gasteiger partial charge in [0.1, 0.15) is 5.82 Å². The van der Waals surface area contributed by atoms with E-state index in [9.17, 15) is 9.18 Å². The van der Waals surface area contributed by atoms with Gasteiger partial charge in [-0.15, -0.1) is 0 Å². The van der Waals surface area contributed by atoms with Crippen molar-refractivity contribution in [2.75, 3.05) is 14.1 Å². The van der Waals surface area contributed by atoms with E-state index in [1.165, 1.54) is 34.4 Å². The van der Waals surface area contributed by atoms with Gasteiger partial charge in [-0.3, -0.25) is 4.79 Å². The molecule has 0 N–H and O–H groups in total. The topological polar surface area (TPSA) is 20.3 Å². The van der Waals surface area contributed by atoms with Crippen molar-refractivity contribution < 1.29 is 9.18 Å². The van der Waals surface area contributed by atoms with Gasteiger partial charge in [0.25, 0.3) is 5.91 Å². The van der Waals surface area contributed by atoms with Crippen molar-refractivity contribution in [2.45, 2.75) is 29.6 Å². The largest absolute Gasteiger partial charge is 0.345 e. The van der Waals surface area contributed by atoms with E-state index in [4.69, 9.17) is 0 Å². The third-order valence-corrected chi connectivity index (χ3v) is 4.42. The molecule has 0 aliphatic rings. The van der Waals surface area contributed by atoms with Gasteiger partial charge in [0.05, 0.1) is 5.56 Å². The van der Waals surface area contributed by atoms with Crippen LogP contribution in [0.1, 0.15) is 35.7 Å². The van der Waals surface area contributed by atoms with E-state index < -0.39 is 0 Å².